The molecule has 0 spiro atoms. The molecule has 82 valence electrons. The van der Waals surface area contributed by atoms with Crippen LogP contribution in [0, 0.1) is 0 Å². The quantitative estimate of drug-likeness (QED) is 0.564. The van der Waals surface area contributed by atoms with Crippen molar-refractivity contribution in [2.24, 2.45) is 0 Å². The molecular weight excluding hydrogens is 212 g/mol. The van der Waals surface area contributed by atoms with E-state index in [0.29, 0.717) is 0 Å². The lowest BCUT2D eigenvalue weighted by molar-refractivity contribution is -0.135. The average molecular weight is 220 g/mol. The van der Waals surface area contributed by atoms with Crippen molar-refractivity contribution in [3.05, 3.63) is 35.4 Å². The third-order valence-corrected chi connectivity index (χ3v) is 1.94. The second kappa shape index (κ2) is 4.00. The number of rotatable bonds is 3. The summed E-state index contributed by atoms with van der Waals surface area (Å²) in [5.74, 6) is -4.95. The van der Waals surface area contributed by atoms with Crippen LogP contribution in [0.5, 0.6) is 0 Å². The number of Topliss-reactive ketones (excluding diaryl/α,β-unsaturated/α-hetero) is 1. The molecule has 1 nitrogen and oxygen atoms in total. The van der Waals surface area contributed by atoms with Gasteiger partial charge in [0.15, 0.2) is 5.78 Å². The van der Waals surface area contributed by atoms with Crippen molar-refractivity contribution in [2.45, 2.75) is 19.3 Å². The summed E-state index contributed by atoms with van der Waals surface area (Å²) in [4.78, 5) is 11.0. The lowest BCUT2D eigenvalue weighted by atomic mass is 9.99. The fourth-order valence-corrected chi connectivity index (χ4v) is 1.20. The topological polar surface area (TPSA) is 17.1 Å². The number of carbonyl (C=O) groups excluding carboxylic acids is 1. The van der Waals surface area contributed by atoms with Gasteiger partial charge >= 0.3 is 12.3 Å². The first kappa shape index (κ1) is 11.7. The standard InChI is InChI=1S/C10H8F4O/c1-6(15)7-4-2-3-5-8(7)10(13,14)9(11)12/h2-5,9H,1H3. The molecule has 0 fully saturated rings. The summed E-state index contributed by atoms with van der Waals surface area (Å²) in [6.45, 7) is 1.06. The van der Waals surface area contributed by atoms with E-state index in [0.717, 1.165) is 19.1 Å². The molecule has 5 heteroatoms. The van der Waals surface area contributed by atoms with Crippen molar-refractivity contribution in [3.8, 4) is 0 Å². The van der Waals surface area contributed by atoms with E-state index in [9.17, 15) is 22.4 Å². The van der Waals surface area contributed by atoms with Gasteiger partial charge in [-0.25, -0.2) is 8.78 Å². The molecule has 0 saturated carbocycles. The van der Waals surface area contributed by atoms with Gasteiger partial charge in [-0.2, -0.15) is 8.78 Å². The molecule has 0 N–H and O–H groups in total. The molecule has 0 aromatic heterocycles. The third-order valence-electron chi connectivity index (χ3n) is 1.94. The highest BCUT2D eigenvalue weighted by atomic mass is 19.3. The molecule has 0 atom stereocenters. The molecule has 0 bridgehead atoms. The number of hydrogen-bond acceptors (Lipinski definition) is 1. The zero-order chi connectivity index (χ0) is 11.6. The molecule has 0 aliphatic heterocycles. The number of carbonyl (C=O) groups is 1. The summed E-state index contributed by atoms with van der Waals surface area (Å²) in [5, 5.41) is 0. The highest BCUT2D eigenvalue weighted by Gasteiger charge is 2.44. The van der Waals surface area contributed by atoms with Crippen LogP contribution in [-0.4, -0.2) is 12.2 Å². The number of halogens is 4. The Labute approximate surface area is 83.7 Å². The van der Waals surface area contributed by atoms with E-state index in [4.69, 9.17) is 0 Å². The van der Waals surface area contributed by atoms with Crippen molar-refractivity contribution in [1.82, 2.24) is 0 Å². The summed E-state index contributed by atoms with van der Waals surface area (Å²) in [5.41, 5.74) is -1.30. The van der Waals surface area contributed by atoms with E-state index in [1.165, 1.54) is 12.1 Å². The van der Waals surface area contributed by atoms with E-state index in [2.05, 4.69) is 0 Å². The zero-order valence-corrected chi connectivity index (χ0v) is 7.81. The largest absolute Gasteiger partial charge is 0.333 e. The van der Waals surface area contributed by atoms with Crippen LogP contribution in [0.4, 0.5) is 17.6 Å². The monoisotopic (exact) mass is 220 g/mol. The van der Waals surface area contributed by atoms with E-state index in [-0.39, 0.29) is 5.56 Å². The molecular formula is C10H8F4O. The van der Waals surface area contributed by atoms with Gasteiger partial charge in [-0.1, -0.05) is 24.3 Å². The molecule has 0 saturated heterocycles. The van der Waals surface area contributed by atoms with Crippen LogP contribution in [-0.2, 0) is 5.92 Å². The van der Waals surface area contributed by atoms with Gasteiger partial charge < -0.3 is 0 Å². The molecule has 0 heterocycles. The minimum Gasteiger partial charge on any atom is -0.294 e. The van der Waals surface area contributed by atoms with Crippen LogP contribution < -0.4 is 0 Å². The van der Waals surface area contributed by atoms with Crippen LogP contribution in [0.25, 0.3) is 0 Å². The van der Waals surface area contributed by atoms with Gasteiger partial charge in [0.05, 0.1) is 0 Å². The van der Waals surface area contributed by atoms with Crippen molar-refractivity contribution in [3.63, 3.8) is 0 Å². The smallest absolute Gasteiger partial charge is 0.294 e. The molecule has 0 aliphatic rings. The van der Waals surface area contributed by atoms with Gasteiger partial charge in [0.25, 0.3) is 0 Å². The molecule has 0 amide bonds. The van der Waals surface area contributed by atoms with Crippen molar-refractivity contribution in [1.29, 1.82) is 0 Å². The van der Waals surface area contributed by atoms with Crippen LogP contribution in [0.3, 0.4) is 0 Å². The molecule has 1 rings (SSSR count). The fourth-order valence-electron chi connectivity index (χ4n) is 1.20. The Kier molecular flexibility index (Phi) is 3.12. The Hall–Kier alpha value is -1.39. The van der Waals surface area contributed by atoms with Crippen LogP contribution in [0.1, 0.15) is 22.8 Å². The Balaban J connectivity index is 3.31. The predicted octanol–water partition coefficient (Wildman–Crippen LogP) is 3.25. The number of hydrogen-bond donors (Lipinski definition) is 0. The number of alkyl halides is 4. The first-order valence-corrected chi connectivity index (χ1v) is 4.13. The molecule has 15 heavy (non-hydrogen) atoms. The summed E-state index contributed by atoms with van der Waals surface area (Å²) in [7, 11) is 0. The van der Waals surface area contributed by atoms with Crippen molar-refractivity contribution >= 4 is 5.78 Å². The maximum Gasteiger partial charge on any atom is 0.333 e. The van der Waals surface area contributed by atoms with Gasteiger partial charge in [0.2, 0.25) is 0 Å². The Morgan fingerprint density at radius 1 is 1.27 bits per heavy atom. The Bertz CT molecular complexity index is 373. The second-order valence-corrected chi connectivity index (χ2v) is 3.03. The highest BCUT2D eigenvalue weighted by molar-refractivity contribution is 5.95. The van der Waals surface area contributed by atoms with Gasteiger partial charge in [-0.05, 0) is 6.92 Å². The molecule has 1 aromatic rings. The fraction of sp³-hybridized carbons (Fsp3) is 0.300. The summed E-state index contributed by atoms with van der Waals surface area (Å²) in [6.07, 6.45) is -3.82. The average Bonchev–Trinajstić information content (AvgIpc) is 2.17. The van der Waals surface area contributed by atoms with Gasteiger partial charge in [0, 0.05) is 11.1 Å². The van der Waals surface area contributed by atoms with Gasteiger partial charge in [0.1, 0.15) is 0 Å². The summed E-state index contributed by atoms with van der Waals surface area (Å²) in [6, 6.07) is 4.48. The minimum absolute atomic E-state index is 0.372. The minimum atomic E-state index is -4.29. The molecule has 0 aliphatic carbocycles. The molecule has 0 unspecified atom stereocenters. The zero-order valence-electron chi connectivity index (χ0n) is 7.81. The van der Waals surface area contributed by atoms with Gasteiger partial charge in [-0.15, -0.1) is 0 Å². The van der Waals surface area contributed by atoms with Crippen LogP contribution in [0.15, 0.2) is 24.3 Å². The summed E-state index contributed by atoms with van der Waals surface area (Å²) < 4.78 is 50.2. The lowest BCUT2D eigenvalue weighted by Crippen LogP contribution is -2.25. The summed E-state index contributed by atoms with van der Waals surface area (Å²) >= 11 is 0. The van der Waals surface area contributed by atoms with E-state index in [1.807, 2.05) is 0 Å². The van der Waals surface area contributed by atoms with E-state index in [1.54, 1.807) is 0 Å². The normalized spacial score (nSPS) is 11.9. The van der Waals surface area contributed by atoms with Crippen molar-refractivity contribution < 1.29 is 22.4 Å². The predicted molar refractivity (Wildman–Crippen MR) is 46.3 cm³/mol. The second-order valence-electron chi connectivity index (χ2n) is 3.03. The highest BCUT2D eigenvalue weighted by Crippen LogP contribution is 2.36. The van der Waals surface area contributed by atoms with Crippen LogP contribution >= 0.6 is 0 Å². The first-order chi connectivity index (χ1) is 6.87. The molecule has 0 radical (unpaired) electrons. The number of ketones is 1. The Morgan fingerprint density at radius 2 is 1.80 bits per heavy atom. The Morgan fingerprint density at radius 3 is 2.27 bits per heavy atom. The number of benzene rings is 1. The maximum atomic E-state index is 13.0. The first-order valence-electron chi connectivity index (χ1n) is 4.13. The van der Waals surface area contributed by atoms with E-state index >= 15 is 0 Å². The van der Waals surface area contributed by atoms with E-state index < -0.39 is 23.7 Å². The SMILES string of the molecule is CC(=O)c1ccccc1C(F)(F)C(F)F. The lowest BCUT2D eigenvalue weighted by Gasteiger charge is -2.17. The van der Waals surface area contributed by atoms with Crippen LogP contribution in [0.2, 0.25) is 0 Å². The third kappa shape index (κ3) is 2.16. The molecule has 1 aromatic carbocycles. The van der Waals surface area contributed by atoms with Crippen molar-refractivity contribution in [2.75, 3.05) is 0 Å². The maximum absolute atomic E-state index is 13.0. The van der Waals surface area contributed by atoms with Gasteiger partial charge in [-0.3, -0.25) is 4.79 Å².